The molecule has 0 saturated carbocycles. The van der Waals surface area contributed by atoms with Gasteiger partial charge in [0.1, 0.15) is 0 Å². The molecule has 4 rings (SSSR count). The molecule has 6 N–H and O–H groups in total. The Labute approximate surface area is 131 Å². The van der Waals surface area contributed by atoms with Crippen molar-refractivity contribution in [2.45, 2.75) is 9.79 Å². The van der Waals surface area contributed by atoms with E-state index in [9.17, 15) is 9.59 Å². The summed E-state index contributed by atoms with van der Waals surface area (Å²) in [4.78, 5) is 29.0. The average molecular weight is 330 g/mol. The summed E-state index contributed by atoms with van der Waals surface area (Å²) in [6, 6.07) is 6.57. The summed E-state index contributed by atoms with van der Waals surface area (Å²) in [6.07, 6.45) is 0. The molecule has 2 heterocycles. The van der Waals surface area contributed by atoms with Crippen molar-refractivity contribution in [3.8, 4) is 0 Å². The Morgan fingerprint density at radius 1 is 0.783 bits per heavy atom. The van der Waals surface area contributed by atoms with Crippen LogP contribution >= 0.6 is 11.8 Å². The van der Waals surface area contributed by atoms with Gasteiger partial charge in [-0.1, -0.05) is 11.8 Å². The van der Waals surface area contributed by atoms with Gasteiger partial charge in [-0.2, -0.15) is 0 Å². The van der Waals surface area contributed by atoms with E-state index < -0.39 is 11.5 Å². The van der Waals surface area contributed by atoms with Gasteiger partial charge in [-0.05, 0) is 12.1 Å². The Bertz CT molecular complexity index is 1080. The Hall–Kier alpha value is -3.07. The third-order valence-electron chi connectivity index (χ3n) is 3.32. The topological polar surface area (TPSA) is 144 Å². The third-order valence-corrected chi connectivity index (χ3v) is 4.47. The zero-order valence-electron chi connectivity index (χ0n) is 11.5. The van der Waals surface area contributed by atoms with Crippen LogP contribution in [0, 0.1) is 0 Å². The SMILES string of the molecule is Nc1cc2oc(=O)[nH]c2cc1Sc1cc2[nH]c(=O)oc2cc1N. The number of hydrogen-bond donors (Lipinski definition) is 4. The van der Waals surface area contributed by atoms with Gasteiger partial charge in [0.25, 0.3) is 0 Å². The van der Waals surface area contributed by atoms with Crippen molar-refractivity contribution in [1.82, 2.24) is 9.97 Å². The van der Waals surface area contributed by atoms with E-state index in [-0.39, 0.29) is 0 Å². The van der Waals surface area contributed by atoms with Crippen LogP contribution in [0.5, 0.6) is 0 Å². The van der Waals surface area contributed by atoms with Gasteiger partial charge in [0, 0.05) is 33.3 Å². The molecule has 0 aliphatic rings. The van der Waals surface area contributed by atoms with Crippen LogP contribution in [0.4, 0.5) is 11.4 Å². The Morgan fingerprint density at radius 2 is 1.22 bits per heavy atom. The summed E-state index contributed by atoms with van der Waals surface area (Å²) in [5, 5.41) is 0. The van der Waals surface area contributed by atoms with Crippen molar-refractivity contribution in [2.24, 2.45) is 0 Å². The molecule has 0 bridgehead atoms. The van der Waals surface area contributed by atoms with Gasteiger partial charge in [0.2, 0.25) is 0 Å². The number of rotatable bonds is 2. The van der Waals surface area contributed by atoms with Gasteiger partial charge in [-0.3, -0.25) is 9.97 Å². The molecule has 8 nitrogen and oxygen atoms in total. The summed E-state index contributed by atoms with van der Waals surface area (Å²) in [6.45, 7) is 0. The zero-order chi connectivity index (χ0) is 16.1. The maximum atomic E-state index is 11.2. The van der Waals surface area contributed by atoms with Crippen LogP contribution < -0.4 is 23.0 Å². The fraction of sp³-hybridized carbons (Fsp3) is 0. The number of anilines is 2. The second-order valence-electron chi connectivity index (χ2n) is 4.90. The normalized spacial score (nSPS) is 11.5. The van der Waals surface area contributed by atoms with E-state index in [0.717, 1.165) is 0 Å². The molecular weight excluding hydrogens is 320 g/mol. The first-order valence-corrected chi connectivity index (χ1v) is 7.34. The van der Waals surface area contributed by atoms with Crippen molar-refractivity contribution in [3.05, 3.63) is 45.4 Å². The summed E-state index contributed by atoms with van der Waals surface area (Å²) in [7, 11) is 0. The van der Waals surface area contributed by atoms with Gasteiger partial charge >= 0.3 is 11.5 Å². The lowest BCUT2D eigenvalue weighted by Crippen LogP contribution is -1.93. The first kappa shape index (κ1) is 13.6. The van der Waals surface area contributed by atoms with Crippen LogP contribution in [-0.2, 0) is 0 Å². The summed E-state index contributed by atoms with van der Waals surface area (Å²) in [5.74, 6) is -1.09. The number of benzene rings is 2. The molecule has 0 fully saturated rings. The molecule has 0 unspecified atom stereocenters. The minimum absolute atomic E-state index is 0.388. The Morgan fingerprint density at radius 3 is 1.65 bits per heavy atom. The molecule has 0 radical (unpaired) electrons. The highest BCUT2D eigenvalue weighted by Crippen LogP contribution is 2.38. The molecule has 4 aromatic rings. The number of fused-ring (bicyclic) bond motifs is 2. The van der Waals surface area contributed by atoms with Crippen molar-refractivity contribution < 1.29 is 8.83 Å². The molecular formula is C14H10N4O4S. The van der Waals surface area contributed by atoms with Crippen LogP contribution in [0.25, 0.3) is 22.2 Å². The van der Waals surface area contributed by atoms with Crippen molar-refractivity contribution in [2.75, 3.05) is 11.5 Å². The average Bonchev–Trinajstić information content (AvgIpc) is 3.00. The maximum absolute atomic E-state index is 11.2. The largest absolute Gasteiger partial charge is 0.417 e. The lowest BCUT2D eigenvalue weighted by Gasteiger charge is -2.07. The van der Waals surface area contributed by atoms with Gasteiger partial charge in [0.05, 0.1) is 11.0 Å². The van der Waals surface area contributed by atoms with E-state index in [1.807, 2.05) is 0 Å². The highest BCUT2D eigenvalue weighted by Gasteiger charge is 2.12. The Kier molecular flexibility index (Phi) is 2.78. The molecule has 0 atom stereocenters. The maximum Gasteiger partial charge on any atom is 0.417 e. The van der Waals surface area contributed by atoms with Gasteiger partial charge in [-0.15, -0.1) is 0 Å². The lowest BCUT2D eigenvalue weighted by molar-refractivity contribution is 0.555. The van der Waals surface area contributed by atoms with Crippen molar-refractivity contribution in [3.63, 3.8) is 0 Å². The smallest absolute Gasteiger partial charge is 0.408 e. The van der Waals surface area contributed by atoms with Crippen molar-refractivity contribution >= 4 is 45.3 Å². The predicted octanol–water partition coefficient (Wildman–Crippen LogP) is 1.87. The quantitative estimate of drug-likeness (QED) is 0.411. The fourth-order valence-corrected chi connectivity index (χ4v) is 3.23. The molecule has 23 heavy (non-hydrogen) atoms. The number of aromatic amines is 2. The standard InChI is InChI=1S/C14H10N4O4S/c15-5-1-9-7(17-13(19)21-9)3-11(5)23-12-4-8-10(2-6(12)16)22-14(20)18-8/h1-4H,15-16H2,(H,17,19)(H,18,20). The summed E-state index contributed by atoms with van der Waals surface area (Å²) in [5.41, 5.74) is 14.8. The van der Waals surface area contributed by atoms with E-state index in [2.05, 4.69) is 9.97 Å². The van der Waals surface area contributed by atoms with Crippen LogP contribution in [0.3, 0.4) is 0 Å². The summed E-state index contributed by atoms with van der Waals surface area (Å²) < 4.78 is 9.92. The monoisotopic (exact) mass is 330 g/mol. The minimum Gasteiger partial charge on any atom is -0.408 e. The second-order valence-corrected chi connectivity index (χ2v) is 5.99. The first-order chi connectivity index (χ1) is 11.0. The number of oxazole rings is 2. The Balaban J connectivity index is 1.83. The minimum atomic E-state index is -0.543. The highest BCUT2D eigenvalue weighted by molar-refractivity contribution is 7.99. The van der Waals surface area contributed by atoms with E-state index in [1.54, 1.807) is 24.3 Å². The van der Waals surface area contributed by atoms with Crippen molar-refractivity contribution in [1.29, 1.82) is 0 Å². The molecule has 0 saturated heterocycles. The number of aromatic nitrogens is 2. The lowest BCUT2D eigenvalue weighted by atomic mass is 10.3. The highest BCUT2D eigenvalue weighted by atomic mass is 32.2. The number of nitrogens with one attached hydrogen (secondary N) is 2. The van der Waals surface area contributed by atoms with Crippen LogP contribution in [-0.4, -0.2) is 9.97 Å². The number of nitrogen functional groups attached to an aromatic ring is 2. The van der Waals surface area contributed by atoms with Gasteiger partial charge in [-0.25, -0.2) is 9.59 Å². The molecule has 2 aromatic heterocycles. The predicted molar refractivity (Wildman–Crippen MR) is 86.6 cm³/mol. The van der Waals surface area contributed by atoms with E-state index in [1.165, 1.54) is 11.8 Å². The zero-order valence-corrected chi connectivity index (χ0v) is 12.3. The van der Waals surface area contributed by atoms with Crippen LogP contribution in [0.1, 0.15) is 0 Å². The third kappa shape index (κ3) is 2.27. The van der Waals surface area contributed by atoms with Gasteiger partial charge < -0.3 is 20.3 Å². The summed E-state index contributed by atoms with van der Waals surface area (Å²) >= 11 is 1.31. The molecule has 116 valence electrons. The van der Waals surface area contributed by atoms with E-state index >= 15 is 0 Å². The molecule has 2 aromatic carbocycles. The molecule has 0 aliphatic heterocycles. The second kappa shape index (κ2) is 4.71. The van der Waals surface area contributed by atoms with E-state index in [4.69, 9.17) is 20.3 Å². The first-order valence-electron chi connectivity index (χ1n) is 6.52. The van der Waals surface area contributed by atoms with Crippen LogP contribution in [0.15, 0.2) is 52.5 Å². The number of hydrogen-bond acceptors (Lipinski definition) is 7. The molecule has 0 aliphatic carbocycles. The van der Waals surface area contributed by atoms with E-state index in [0.29, 0.717) is 43.4 Å². The fourth-order valence-electron chi connectivity index (χ4n) is 2.28. The molecule has 9 heteroatoms. The molecule has 0 amide bonds. The number of H-pyrrole nitrogens is 2. The molecule has 0 spiro atoms. The number of nitrogens with two attached hydrogens (primary N) is 2. The van der Waals surface area contributed by atoms with Crippen LogP contribution in [0.2, 0.25) is 0 Å². The van der Waals surface area contributed by atoms with Gasteiger partial charge in [0.15, 0.2) is 11.2 Å².